The number of benzene rings is 1. The van der Waals surface area contributed by atoms with E-state index in [9.17, 15) is 32.2 Å². The molecule has 2 fully saturated rings. The summed E-state index contributed by atoms with van der Waals surface area (Å²) in [6.07, 6.45) is 2.71. The highest BCUT2D eigenvalue weighted by molar-refractivity contribution is 7.89. The van der Waals surface area contributed by atoms with Crippen LogP contribution in [0.4, 0.5) is 14.5 Å². The minimum atomic E-state index is -3.98. The number of hydrogen-bond donors (Lipinski definition) is 3. The Morgan fingerprint density at radius 2 is 1.88 bits per heavy atom. The van der Waals surface area contributed by atoms with E-state index in [-0.39, 0.29) is 29.1 Å². The number of nitrogens with one attached hydrogen (secondary N) is 1. The van der Waals surface area contributed by atoms with Gasteiger partial charge in [-0.15, -0.1) is 0 Å². The minimum Gasteiger partial charge on any atom is -0.393 e. The molecule has 2 saturated heterocycles. The Bertz CT molecular complexity index is 1260. The zero-order chi connectivity index (χ0) is 24.4. The summed E-state index contributed by atoms with van der Waals surface area (Å²) >= 11 is 0. The Hall–Kier alpha value is -2.34. The summed E-state index contributed by atoms with van der Waals surface area (Å²) in [6.45, 7) is 1.65. The van der Waals surface area contributed by atoms with Gasteiger partial charge in [0, 0.05) is 41.6 Å². The van der Waals surface area contributed by atoms with Crippen LogP contribution in [0.3, 0.4) is 0 Å². The van der Waals surface area contributed by atoms with Crippen molar-refractivity contribution < 1.29 is 32.2 Å². The first-order valence-corrected chi connectivity index (χ1v) is 12.8. The molecule has 1 aromatic carbocycles. The van der Waals surface area contributed by atoms with Crippen molar-refractivity contribution in [2.75, 3.05) is 11.9 Å². The van der Waals surface area contributed by atoms with Gasteiger partial charge < -0.3 is 20.1 Å². The van der Waals surface area contributed by atoms with E-state index in [1.54, 1.807) is 11.5 Å². The molecule has 184 valence electrons. The summed E-state index contributed by atoms with van der Waals surface area (Å²) < 4.78 is 57.9. The van der Waals surface area contributed by atoms with Gasteiger partial charge in [0.2, 0.25) is 10.0 Å². The third-order valence-electron chi connectivity index (χ3n) is 7.36. The number of sulfonamides is 1. The lowest BCUT2D eigenvalue weighted by molar-refractivity contribution is -0.0663. The molecule has 3 aliphatic rings. The molecule has 4 heterocycles. The van der Waals surface area contributed by atoms with Crippen molar-refractivity contribution in [2.45, 2.75) is 74.6 Å². The number of aliphatic hydroxyl groups is 2. The lowest BCUT2D eigenvalue weighted by Gasteiger charge is -2.42. The van der Waals surface area contributed by atoms with Crippen LogP contribution in [0.5, 0.6) is 0 Å². The molecule has 0 spiro atoms. The maximum atomic E-state index is 13.9. The van der Waals surface area contributed by atoms with Crippen LogP contribution in [0.25, 0.3) is 0 Å². The molecule has 34 heavy (non-hydrogen) atoms. The fraction of sp³-hybridized carbons (Fsp3) is 0.522. The van der Waals surface area contributed by atoms with Gasteiger partial charge in [0.25, 0.3) is 5.91 Å². The molecule has 8 nitrogen and oxygen atoms in total. The van der Waals surface area contributed by atoms with E-state index in [1.165, 1.54) is 10.4 Å². The minimum absolute atomic E-state index is 0.0682. The maximum Gasteiger partial charge on any atom is 0.272 e. The quantitative estimate of drug-likeness (QED) is 0.590. The lowest BCUT2D eigenvalue weighted by atomic mass is 9.88. The number of carbonyl (C=O) groups is 1. The second-order valence-corrected chi connectivity index (χ2v) is 11.4. The van der Waals surface area contributed by atoms with Crippen LogP contribution in [0.1, 0.15) is 53.8 Å². The molecular formula is C23H27F2N3O5S. The molecule has 0 saturated carbocycles. The van der Waals surface area contributed by atoms with E-state index >= 15 is 0 Å². The van der Waals surface area contributed by atoms with Crippen LogP contribution >= 0.6 is 0 Å². The van der Waals surface area contributed by atoms with Crippen LogP contribution in [0, 0.1) is 18.6 Å². The van der Waals surface area contributed by atoms with Crippen molar-refractivity contribution in [1.29, 1.82) is 0 Å². The summed E-state index contributed by atoms with van der Waals surface area (Å²) in [6, 6.07) is 2.19. The Morgan fingerprint density at radius 1 is 1.21 bits per heavy atom. The first-order valence-electron chi connectivity index (χ1n) is 11.4. The van der Waals surface area contributed by atoms with Gasteiger partial charge in [-0.05, 0) is 57.6 Å². The van der Waals surface area contributed by atoms with Crippen molar-refractivity contribution in [3.05, 3.63) is 46.8 Å². The number of rotatable bonds is 5. The van der Waals surface area contributed by atoms with Gasteiger partial charge in [0.05, 0.1) is 12.2 Å². The second-order valence-electron chi connectivity index (χ2n) is 9.60. The Kier molecular flexibility index (Phi) is 5.58. The molecule has 3 N–H and O–H groups in total. The van der Waals surface area contributed by atoms with E-state index in [2.05, 4.69) is 5.32 Å². The summed E-state index contributed by atoms with van der Waals surface area (Å²) in [7, 11) is -3.98. The van der Waals surface area contributed by atoms with Gasteiger partial charge in [0.15, 0.2) is 11.6 Å². The lowest BCUT2D eigenvalue weighted by Crippen LogP contribution is -2.54. The molecular weight excluding hydrogens is 468 g/mol. The average molecular weight is 496 g/mol. The molecule has 5 rings (SSSR count). The molecule has 2 bridgehead atoms. The summed E-state index contributed by atoms with van der Waals surface area (Å²) in [4.78, 5) is 13.3. The Labute approximate surface area is 196 Å². The molecule has 1 aromatic heterocycles. The Morgan fingerprint density at radius 3 is 2.50 bits per heavy atom. The van der Waals surface area contributed by atoms with E-state index in [0.29, 0.717) is 43.5 Å². The molecule has 11 heteroatoms. The smallest absolute Gasteiger partial charge is 0.272 e. The van der Waals surface area contributed by atoms with Crippen molar-refractivity contribution >= 4 is 21.6 Å². The second kappa shape index (κ2) is 8.11. The fourth-order valence-electron chi connectivity index (χ4n) is 5.99. The molecule has 2 unspecified atom stereocenters. The number of carbonyl (C=O) groups excluding carboxylic acids is 1. The first kappa shape index (κ1) is 23.4. The first-order chi connectivity index (χ1) is 16.1. The molecule has 1 amide bonds. The normalized spacial score (nSPS) is 26.6. The highest BCUT2D eigenvalue weighted by atomic mass is 32.2. The number of amides is 1. The van der Waals surface area contributed by atoms with E-state index < -0.39 is 51.9 Å². The summed E-state index contributed by atoms with van der Waals surface area (Å²) in [5.41, 5.74) is -0.149. The third kappa shape index (κ3) is 3.57. The third-order valence-corrected chi connectivity index (χ3v) is 9.56. The number of aliphatic hydroxyl groups excluding tert-OH is 1. The van der Waals surface area contributed by atoms with Gasteiger partial charge in [-0.1, -0.05) is 0 Å². The van der Waals surface area contributed by atoms with Crippen molar-refractivity contribution in [3.8, 4) is 0 Å². The molecule has 2 atom stereocenters. The molecule has 0 aliphatic carbocycles. The molecule has 3 aliphatic heterocycles. The predicted octanol–water partition coefficient (Wildman–Crippen LogP) is 2.31. The van der Waals surface area contributed by atoms with Crippen LogP contribution in [0.15, 0.2) is 23.1 Å². The zero-order valence-electron chi connectivity index (χ0n) is 18.7. The summed E-state index contributed by atoms with van der Waals surface area (Å²) in [5.74, 6) is -2.72. The predicted molar refractivity (Wildman–Crippen MR) is 119 cm³/mol. The highest BCUT2D eigenvalue weighted by Gasteiger charge is 2.53. The number of hydrogen-bond acceptors (Lipinski definition) is 5. The number of anilines is 1. The van der Waals surface area contributed by atoms with Crippen LogP contribution in [0.2, 0.25) is 0 Å². The van der Waals surface area contributed by atoms with Crippen LogP contribution < -0.4 is 5.32 Å². The van der Waals surface area contributed by atoms with Crippen molar-refractivity contribution in [3.63, 3.8) is 0 Å². The fourth-order valence-corrected chi connectivity index (χ4v) is 8.34. The zero-order valence-corrected chi connectivity index (χ0v) is 19.5. The standard InChI is InChI=1S/C23H27F2N3O5S/c1-13-20(22(30)26-14-4-7-17(24)18(25)9-14)27-8-2-3-19(27)21(13)34(32,33)28-15-5-6-16(28)11-23(31,10-15)12-29/h4,7,9,15-16,29,31H,2-3,5-6,8,10-12H2,1H3,(H,26,30). The monoisotopic (exact) mass is 495 g/mol. The van der Waals surface area contributed by atoms with Crippen LogP contribution in [-0.4, -0.2) is 57.7 Å². The number of halogens is 2. The molecule has 0 radical (unpaired) electrons. The van der Waals surface area contributed by atoms with Gasteiger partial charge in [0.1, 0.15) is 10.6 Å². The van der Waals surface area contributed by atoms with Crippen LogP contribution in [-0.2, 0) is 23.0 Å². The summed E-state index contributed by atoms with van der Waals surface area (Å²) in [5, 5.41) is 22.8. The van der Waals surface area contributed by atoms with Gasteiger partial charge in [-0.3, -0.25) is 4.79 Å². The van der Waals surface area contributed by atoms with Crippen molar-refractivity contribution in [2.24, 2.45) is 0 Å². The van der Waals surface area contributed by atoms with Gasteiger partial charge in [-0.25, -0.2) is 17.2 Å². The highest BCUT2D eigenvalue weighted by Crippen LogP contribution is 2.45. The largest absolute Gasteiger partial charge is 0.393 e. The van der Waals surface area contributed by atoms with E-state index in [1.807, 2.05) is 0 Å². The van der Waals surface area contributed by atoms with E-state index in [0.717, 1.165) is 12.1 Å². The van der Waals surface area contributed by atoms with Crippen molar-refractivity contribution in [1.82, 2.24) is 8.87 Å². The van der Waals surface area contributed by atoms with Gasteiger partial charge in [-0.2, -0.15) is 4.31 Å². The van der Waals surface area contributed by atoms with Gasteiger partial charge >= 0.3 is 0 Å². The SMILES string of the molecule is Cc1c(S(=O)(=O)N2C3CCC2CC(O)(CO)C3)c2n(c1C(=O)Nc1ccc(F)c(F)c1)CCC2. The number of nitrogens with zero attached hydrogens (tertiary/aromatic N) is 2. The number of piperidine rings is 1. The number of aromatic nitrogens is 1. The average Bonchev–Trinajstić information content (AvgIpc) is 3.42. The Balaban J connectivity index is 1.52. The van der Waals surface area contributed by atoms with E-state index in [4.69, 9.17) is 0 Å². The maximum absolute atomic E-state index is 13.9. The molecule has 2 aromatic rings. The topological polar surface area (TPSA) is 112 Å². The number of fused-ring (bicyclic) bond motifs is 3.